The first-order valence-electron chi connectivity index (χ1n) is 8.10. The summed E-state index contributed by atoms with van der Waals surface area (Å²) in [5, 5.41) is 18.9. The van der Waals surface area contributed by atoms with Crippen molar-refractivity contribution in [3.8, 4) is 0 Å². The molecule has 3 rings (SSSR count). The molecule has 1 aliphatic rings. The Balaban J connectivity index is 2.02. The maximum Gasteiger partial charge on any atom is 0.182 e. The molecule has 0 aromatic heterocycles. The van der Waals surface area contributed by atoms with E-state index in [1.54, 1.807) is 30.3 Å². The van der Waals surface area contributed by atoms with Crippen LogP contribution in [0, 0.1) is 5.41 Å². The van der Waals surface area contributed by atoms with E-state index < -0.39 is 26.4 Å². The van der Waals surface area contributed by atoms with Gasteiger partial charge in [-0.3, -0.25) is 0 Å². The maximum absolute atomic E-state index is 13.0. The molecule has 0 amide bonds. The molecule has 2 atom stereocenters. The quantitative estimate of drug-likeness (QED) is 0.840. The van der Waals surface area contributed by atoms with Crippen LogP contribution >= 0.6 is 0 Å². The van der Waals surface area contributed by atoms with E-state index in [0.717, 1.165) is 12.0 Å². The van der Waals surface area contributed by atoms with Crippen LogP contribution in [0.5, 0.6) is 0 Å². The number of sulfone groups is 1. The van der Waals surface area contributed by atoms with Crippen LogP contribution in [0.4, 0.5) is 0 Å². The third-order valence-corrected chi connectivity index (χ3v) is 7.46. The molecule has 2 aromatic carbocycles. The van der Waals surface area contributed by atoms with E-state index >= 15 is 0 Å². The molecule has 0 radical (unpaired) electrons. The lowest BCUT2D eigenvalue weighted by molar-refractivity contribution is 0.130. The van der Waals surface area contributed by atoms with Gasteiger partial charge in [-0.15, -0.1) is 0 Å². The van der Waals surface area contributed by atoms with Crippen LogP contribution in [-0.4, -0.2) is 37.1 Å². The predicted octanol–water partition coefficient (Wildman–Crippen LogP) is 2.16. The largest absolute Gasteiger partial charge is 0.396 e. The van der Waals surface area contributed by atoms with Crippen LogP contribution in [0.25, 0.3) is 0 Å². The highest BCUT2D eigenvalue weighted by atomic mass is 32.2. The van der Waals surface area contributed by atoms with E-state index in [1.807, 2.05) is 24.3 Å². The van der Waals surface area contributed by atoms with Crippen molar-refractivity contribution >= 4 is 9.84 Å². The lowest BCUT2D eigenvalue weighted by Gasteiger charge is -2.11. The molecule has 2 N–H and O–H groups in total. The van der Waals surface area contributed by atoms with Crippen molar-refractivity contribution in [1.29, 1.82) is 0 Å². The van der Waals surface area contributed by atoms with E-state index in [4.69, 9.17) is 0 Å². The second-order valence-corrected chi connectivity index (χ2v) is 8.47. The molecule has 1 fully saturated rings. The molecule has 2 aromatic rings. The molecule has 24 heavy (non-hydrogen) atoms. The van der Waals surface area contributed by atoms with E-state index in [1.165, 1.54) is 5.56 Å². The molecule has 0 unspecified atom stereocenters. The van der Waals surface area contributed by atoms with E-state index in [0.29, 0.717) is 0 Å². The minimum absolute atomic E-state index is 0.231. The molecule has 4 nitrogen and oxygen atoms in total. The molecule has 5 heteroatoms. The Hall–Kier alpha value is -1.69. The van der Waals surface area contributed by atoms with Crippen molar-refractivity contribution in [2.24, 2.45) is 5.41 Å². The molecule has 128 valence electrons. The predicted molar refractivity (Wildman–Crippen MR) is 92.6 cm³/mol. The van der Waals surface area contributed by atoms with Crippen molar-refractivity contribution in [3.05, 3.63) is 65.7 Å². The third kappa shape index (κ3) is 2.57. The smallest absolute Gasteiger partial charge is 0.182 e. The van der Waals surface area contributed by atoms with Gasteiger partial charge in [0.2, 0.25) is 0 Å². The van der Waals surface area contributed by atoms with Gasteiger partial charge in [-0.05, 0) is 29.7 Å². The number of hydrogen-bond donors (Lipinski definition) is 2. The summed E-state index contributed by atoms with van der Waals surface area (Å²) in [4.78, 5) is 0.231. The number of rotatable bonds is 6. The zero-order chi connectivity index (χ0) is 17.4. The molecule has 1 aliphatic carbocycles. The standard InChI is InChI=1S/C19H22O4S/c1-2-14-8-10-15(11-9-14)17-18(19(17,12-20)13-21)24(22,23)16-6-4-3-5-7-16/h3-11,17-18,20-21H,2,12-13H2,1H3/t17-,18-/m0/s1. The Morgan fingerprint density at radius 2 is 1.54 bits per heavy atom. The van der Waals surface area contributed by atoms with Crippen LogP contribution in [0.1, 0.15) is 24.0 Å². The number of aliphatic hydroxyl groups excluding tert-OH is 2. The van der Waals surface area contributed by atoms with Gasteiger partial charge < -0.3 is 10.2 Å². The summed E-state index contributed by atoms with van der Waals surface area (Å²) in [5.41, 5.74) is 0.989. The number of benzene rings is 2. The molecule has 0 bridgehead atoms. The van der Waals surface area contributed by atoms with Gasteiger partial charge in [-0.1, -0.05) is 49.4 Å². The minimum atomic E-state index is -3.63. The van der Waals surface area contributed by atoms with Crippen LogP contribution in [0.3, 0.4) is 0 Å². The van der Waals surface area contributed by atoms with E-state index in [-0.39, 0.29) is 18.1 Å². The number of hydrogen-bond acceptors (Lipinski definition) is 4. The molecular weight excluding hydrogens is 324 g/mol. The fourth-order valence-electron chi connectivity index (χ4n) is 3.59. The van der Waals surface area contributed by atoms with Crippen molar-refractivity contribution in [2.75, 3.05) is 13.2 Å². The maximum atomic E-state index is 13.0. The average molecular weight is 346 g/mol. The first kappa shape index (κ1) is 17.1. The summed E-state index contributed by atoms with van der Waals surface area (Å²) in [5.74, 6) is -0.399. The van der Waals surface area contributed by atoms with Crippen LogP contribution in [0.15, 0.2) is 59.5 Å². The first-order chi connectivity index (χ1) is 11.5. The first-order valence-corrected chi connectivity index (χ1v) is 9.65. The Bertz CT molecular complexity index is 793. The van der Waals surface area contributed by atoms with E-state index in [9.17, 15) is 18.6 Å². The third-order valence-electron chi connectivity index (χ3n) is 5.12. The lowest BCUT2D eigenvalue weighted by atomic mass is 9.99. The second kappa shape index (κ2) is 6.31. The van der Waals surface area contributed by atoms with Crippen molar-refractivity contribution in [1.82, 2.24) is 0 Å². The molecule has 0 spiro atoms. The Morgan fingerprint density at radius 1 is 0.958 bits per heavy atom. The highest BCUT2D eigenvalue weighted by Gasteiger charge is 2.70. The normalized spacial score (nSPS) is 22.3. The van der Waals surface area contributed by atoms with Crippen molar-refractivity contribution < 1.29 is 18.6 Å². The molecule has 0 heterocycles. The molecular formula is C19H22O4S. The van der Waals surface area contributed by atoms with Gasteiger partial charge in [-0.25, -0.2) is 8.42 Å². The molecule has 1 saturated carbocycles. The highest BCUT2D eigenvalue weighted by Crippen LogP contribution is 2.63. The fraction of sp³-hybridized carbons (Fsp3) is 0.368. The average Bonchev–Trinajstić information content (AvgIpc) is 3.33. The molecule has 0 aliphatic heterocycles. The number of aliphatic hydroxyl groups is 2. The van der Waals surface area contributed by atoms with Gasteiger partial charge in [-0.2, -0.15) is 0 Å². The summed E-state index contributed by atoms with van der Waals surface area (Å²) in [6, 6.07) is 16.0. The lowest BCUT2D eigenvalue weighted by Crippen LogP contribution is -2.22. The fourth-order valence-corrected chi connectivity index (χ4v) is 6.04. The van der Waals surface area contributed by atoms with Crippen LogP contribution in [-0.2, 0) is 16.3 Å². The Labute approximate surface area is 142 Å². The Kier molecular flexibility index (Phi) is 4.51. The number of aryl methyl sites for hydroxylation is 1. The SMILES string of the molecule is CCc1ccc([C@H]2[C@H](S(=O)(=O)c3ccccc3)C2(CO)CO)cc1. The van der Waals surface area contributed by atoms with Crippen LogP contribution in [0.2, 0.25) is 0 Å². The van der Waals surface area contributed by atoms with Gasteiger partial charge in [0.15, 0.2) is 9.84 Å². The van der Waals surface area contributed by atoms with Gasteiger partial charge in [0.05, 0.1) is 23.4 Å². The minimum Gasteiger partial charge on any atom is -0.396 e. The zero-order valence-electron chi connectivity index (χ0n) is 13.6. The zero-order valence-corrected chi connectivity index (χ0v) is 14.4. The van der Waals surface area contributed by atoms with Crippen LogP contribution < -0.4 is 0 Å². The van der Waals surface area contributed by atoms with E-state index in [2.05, 4.69) is 6.92 Å². The van der Waals surface area contributed by atoms with Gasteiger partial charge in [0.1, 0.15) is 0 Å². The topological polar surface area (TPSA) is 74.6 Å². The summed E-state index contributed by atoms with van der Waals surface area (Å²) < 4.78 is 26.0. The van der Waals surface area contributed by atoms with Crippen molar-refractivity contribution in [2.45, 2.75) is 29.4 Å². The Morgan fingerprint density at radius 3 is 2.04 bits per heavy atom. The second-order valence-electron chi connectivity index (χ2n) is 6.40. The monoisotopic (exact) mass is 346 g/mol. The molecule has 0 saturated heterocycles. The summed E-state index contributed by atoms with van der Waals surface area (Å²) >= 11 is 0. The van der Waals surface area contributed by atoms with Crippen molar-refractivity contribution in [3.63, 3.8) is 0 Å². The summed E-state index contributed by atoms with van der Waals surface area (Å²) in [6.07, 6.45) is 0.905. The summed E-state index contributed by atoms with van der Waals surface area (Å²) in [7, 11) is -3.63. The summed E-state index contributed by atoms with van der Waals surface area (Å²) in [6.45, 7) is 1.33. The highest BCUT2D eigenvalue weighted by molar-refractivity contribution is 7.92. The van der Waals surface area contributed by atoms with Gasteiger partial charge in [0.25, 0.3) is 0 Å². The van der Waals surface area contributed by atoms with Gasteiger partial charge >= 0.3 is 0 Å². The van der Waals surface area contributed by atoms with Gasteiger partial charge in [0, 0.05) is 11.3 Å².